The lowest BCUT2D eigenvalue weighted by atomic mass is 10.1. The van der Waals surface area contributed by atoms with Gasteiger partial charge in [-0.2, -0.15) is 0 Å². The first-order valence-corrected chi connectivity index (χ1v) is 7.40. The molecular formula is C17H15N2O4S-. The van der Waals surface area contributed by atoms with Crippen molar-refractivity contribution in [2.75, 3.05) is 12.4 Å². The Hall–Kier alpha value is -2.93. The van der Waals surface area contributed by atoms with Gasteiger partial charge in [0.1, 0.15) is 5.75 Å². The highest BCUT2D eigenvalue weighted by molar-refractivity contribution is 7.80. The van der Waals surface area contributed by atoms with Gasteiger partial charge in [0.05, 0.1) is 18.8 Å². The number of carbonyl (C=O) groups is 2. The standard InChI is InChI=1S/C17H16N2O4S/c1-10-5-3-4-6-12(10)15(20)19-17(24)18-13-9-11(16(21)22)7-8-14(13)23-2/h3-9H,1-2H3,(H,21,22)(H2,18,19,20,24)/p-1. The molecule has 0 unspecified atom stereocenters. The van der Waals surface area contributed by atoms with Gasteiger partial charge in [0, 0.05) is 5.56 Å². The Kier molecular flexibility index (Phi) is 5.49. The zero-order valence-corrected chi connectivity index (χ0v) is 13.9. The van der Waals surface area contributed by atoms with Gasteiger partial charge in [-0.05, 0) is 54.5 Å². The molecule has 2 N–H and O–H groups in total. The number of carboxylic acids is 1. The van der Waals surface area contributed by atoms with Crippen molar-refractivity contribution < 1.29 is 19.4 Å². The molecule has 0 atom stereocenters. The van der Waals surface area contributed by atoms with Crippen molar-refractivity contribution in [2.45, 2.75) is 6.92 Å². The van der Waals surface area contributed by atoms with Gasteiger partial charge in [-0.3, -0.25) is 10.1 Å². The highest BCUT2D eigenvalue weighted by atomic mass is 32.1. The monoisotopic (exact) mass is 343 g/mol. The number of anilines is 1. The summed E-state index contributed by atoms with van der Waals surface area (Å²) in [6, 6.07) is 11.2. The number of ether oxygens (including phenoxy) is 1. The molecule has 0 spiro atoms. The maximum atomic E-state index is 12.2. The number of amides is 1. The summed E-state index contributed by atoms with van der Waals surface area (Å²) in [5.74, 6) is -1.30. The van der Waals surface area contributed by atoms with E-state index >= 15 is 0 Å². The van der Waals surface area contributed by atoms with Gasteiger partial charge in [0.2, 0.25) is 0 Å². The van der Waals surface area contributed by atoms with Crippen LogP contribution in [-0.4, -0.2) is 24.1 Å². The number of aromatic carboxylic acids is 1. The molecular weight excluding hydrogens is 328 g/mol. The lowest BCUT2D eigenvalue weighted by Gasteiger charge is -2.15. The molecule has 7 heteroatoms. The summed E-state index contributed by atoms with van der Waals surface area (Å²) in [4.78, 5) is 23.2. The maximum Gasteiger partial charge on any atom is 0.257 e. The van der Waals surface area contributed by atoms with E-state index < -0.39 is 5.97 Å². The Morgan fingerprint density at radius 2 is 1.88 bits per heavy atom. The molecule has 0 heterocycles. The molecule has 0 aromatic heterocycles. The van der Waals surface area contributed by atoms with Crippen LogP contribution in [-0.2, 0) is 0 Å². The predicted molar refractivity (Wildman–Crippen MR) is 92.2 cm³/mol. The van der Waals surface area contributed by atoms with E-state index in [1.165, 1.54) is 25.3 Å². The van der Waals surface area contributed by atoms with E-state index in [1.54, 1.807) is 12.1 Å². The van der Waals surface area contributed by atoms with Crippen molar-refractivity contribution in [3.8, 4) is 5.75 Å². The Labute approximate surface area is 144 Å². The van der Waals surface area contributed by atoms with Crippen LogP contribution in [0.2, 0.25) is 0 Å². The number of thiocarbonyl (C=S) groups is 1. The van der Waals surface area contributed by atoms with E-state index in [-0.39, 0.29) is 16.6 Å². The minimum atomic E-state index is -1.32. The van der Waals surface area contributed by atoms with Crippen molar-refractivity contribution in [2.24, 2.45) is 0 Å². The van der Waals surface area contributed by atoms with Gasteiger partial charge in [-0.15, -0.1) is 0 Å². The molecule has 1 amide bonds. The summed E-state index contributed by atoms with van der Waals surface area (Å²) in [5.41, 5.74) is 1.59. The van der Waals surface area contributed by atoms with E-state index in [4.69, 9.17) is 17.0 Å². The molecule has 0 aliphatic carbocycles. The van der Waals surface area contributed by atoms with Gasteiger partial charge in [-0.1, -0.05) is 18.2 Å². The lowest BCUT2D eigenvalue weighted by molar-refractivity contribution is -0.255. The van der Waals surface area contributed by atoms with Crippen LogP contribution in [0.4, 0.5) is 5.69 Å². The second-order valence-corrected chi connectivity index (χ2v) is 5.33. The lowest BCUT2D eigenvalue weighted by Crippen LogP contribution is -2.34. The summed E-state index contributed by atoms with van der Waals surface area (Å²) in [7, 11) is 1.44. The zero-order valence-electron chi connectivity index (χ0n) is 13.1. The Bertz CT molecular complexity index is 805. The average molecular weight is 343 g/mol. The minimum absolute atomic E-state index is 0.0250. The number of aryl methyl sites for hydroxylation is 1. The molecule has 124 valence electrons. The molecule has 2 aromatic carbocycles. The van der Waals surface area contributed by atoms with Gasteiger partial charge in [0.15, 0.2) is 5.11 Å². The molecule has 6 nitrogen and oxygen atoms in total. The van der Waals surface area contributed by atoms with Crippen LogP contribution < -0.4 is 20.5 Å². The number of benzene rings is 2. The zero-order chi connectivity index (χ0) is 17.7. The summed E-state index contributed by atoms with van der Waals surface area (Å²) < 4.78 is 5.14. The summed E-state index contributed by atoms with van der Waals surface area (Å²) >= 11 is 5.11. The van der Waals surface area contributed by atoms with Crippen molar-refractivity contribution in [1.29, 1.82) is 0 Å². The highest BCUT2D eigenvalue weighted by Gasteiger charge is 2.12. The van der Waals surface area contributed by atoms with E-state index in [9.17, 15) is 14.7 Å². The van der Waals surface area contributed by atoms with Gasteiger partial charge < -0.3 is 20.0 Å². The highest BCUT2D eigenvalue weighted by Crippen LogP contribution is 2.25. The van der Waals surface area contributed by atoms with Crippen LogP contribution in [0.15, 0.2) is 42.5 Å². The van der Waals surface area contributed by atoms with Crippen LogP contribution in [0.25, 0.3) is 0 Å². The summed E-state index contributed by atoms with van der Waals surface area (Å²) in [6.45, 7) is 1.82. The normalized spacial score (nSPS) is 9.92. The largest absolute Gasteiger partial charge is 0.545 e. The predicted octanol–water partition coefficient (Wildman–Crippen LogP) is 1.49. The SMILES string of the molecule is COc1ccc(C(=O)[O-])cc1NC(=S)NC(=O)c1ccccc1C. The average Bonchev–Trinajstić information content (AvgIpc) is 2.54. The van der Waals surface area contributed by atoms with Crippen molar-refractivity contribution in [3.05, 3.63) is 59.2 Å². The third kappa shape index (κ3) is 4.08. The number of carboxylic acid groups (broad SMARTS) is 1. The maximum absolute atomic E-state index is 12.2. The Balaban J connectivity index is 2.15. The molecule has 0 fully saturated rings. The fourth-order valence-corrected chi connectivity index (χ4v) is 2.29. The van der Waals surface area contributed by atoms with E-state index in [2.05, 4.69) is 10.6 Å². The fourth-order valence-electron chi connectivity index (χ4n) is 2.08. The first-order valence-electron chi connectivity index (χ1n) is 6.99. The fraction of sp³-hybridized carbons (Fsp3) is 0.118. The van der Waals surface area contributed by atoms with Crippen molar-refractivity contribution in [3.63, 3.8) is 0 Å². The molecule has 2 rings (SSSR count). The molecule has 0 saturated heterocycles. The van der Waals surface area contributed by atoms with Gasteiger partial charge in [-0.25, -0.2) is 0 Å². The van der Waals surface area contributed by atoms with Gasteiger partial charge >= 0.3 is 0 Å². The van der Waals surface area contributed by atoms with Crippen LogP contribution in [0.5, 0.6) is 5.75 Å². The van der Waals surface area contributed by atoms with Crippen molar-refractivity contribution >= 4 is 34.9 Å². The number of rotatable bonds is 4. The number of hydrogen-bond donors (Lipinski definition) is 2. The van der Waals surface area contributed by atoms with E-state index in [0.717, 1.165) is 5.56 Å². The minimum Gasteiger partial charge on any atom is -0.545 e. The first-order chi connectivity index (χ1) is 11.4. The Morgan fingerprint density at radius 3 is 2.50 bits per heavy atom. The second kappa shape index (κ2) is 7.56. The molecule has 0 saturated carbocycles. The molecule has 2 aromatic rings. The van der Waals surface area contributed by atoms with Crippen LogP contribution in [0, 0.1) is 6.92 Å². The third-order valence-corrected chi connectivity index (χ3v) is 3.50. The number of carbonyl (C=O) groups excluding carboxylic acids is 2. The second-order valence-electron chi connectivity index (χ2n) is 4.93. The molecule has 0 bridgehead atoms. The quantitative estimate of drug-likeness (QED) is 0.818. The molecule has 0 radical (unpaired) electrons. The number of methoxy groups -OCH3 is 1. The third-order valence-electron chi connectivity index (χ3n) is 3.30. The van der Waals surface area contributed by atoms with E-state index in [1.807, 2.05) is 19.1 Å². The first kappa shape index (κ1) is 17.4. The molecule has 0 aliphatic rings. The van der Waals surface area contributed by atoms with Crippen molar-refractivity contribution in [1.82, 2.24) is 5.32 Å². The van der Waals surface area contributed by atoms with Gasteiger partial charge in [0.25, 0.3) is 5.91 Å². The van der Waals surface area contributed by atoms with Crippen LogP contribution in [0.3, 0.4) is 0 Å². The smallest absolute Gasteiger partial charge is 0.257 e. The summed E-state index contributed by atoms with van der Waals surface area (Å²) in [6.07, 6.45) is 0. The number of nitrogens with one attached hydrogen (secondary N) is 2. The molecule has 24 heavy (non-hydrogen) atoms. The summed E-state index contributed by atoms with van der Waals surface area (Å²) in [5, 5.41) is 16.3. The molecule has 0 aliphatic heterocycles. The number of hydrogen-bond acceptors (Lipinski definition) is 5. The Morgan fingerprint density at radius 1 is 1.17 bits per heavy atom. The topological polar surface area (TPSA) is 90.5 Å². The van der Waals surface area contributed by atoms with Crippen LogP contribution >= 0.6 is 12.2 Å². The van der Waals surface area contributed by atoms with E-state index in [0.29, 0.717) is 17.0 Å². The van der Waals surface area contributed by atoms with Crippen LogP contribution in [0.1, 0.15) is 26.3 Å².